The first-order valence-corrected chi connectivity index (χ1v) is 7.84. The number of halogens is 1. The summed E-state index contributed by atoms with van der Waals surface area (Å²) in [6.45, 7) is 8.19. The van der Waals surface area contributed by atoms with Crippen molar-refractivity contribution in [2.24, 2.45) is 0 Å². The Morgan fingerprint density at radius 1 is 1.32 bits per heavy atom. The monoisotopic (exact) mass is 375 g/mol. The third kappa shape index (κ3) is 3.37. The molecular weight excluding hydrogens is 353 g/mol. The molecule has 1 N–H and O–H groups in total. The second-order valence-electron chi connectivity index (χ2n) is 6.01. The van der Waals surface area contributed by atoms with E-state index in [4.69, 9.17) is 9.72 Å². The van der Waals surface area contributed by atoms with E-state index >= 15 is 0 Å². The molecule has 1 aromatic heterocycles. The van der Waals surface area contributed by atoms with E-state index < -0.39 is 0 Å². The highest BCUT2D eigenvalue weighted by Crippen LogP contribution is 2.32. The molecule has 1 aliphatic rings. The molecule has 1 atom stereocenters. The maximum absolute atomic E-state index is 5.56. The fraction of sp³-hybridized carbons (Fsp3) is 0.714. The van der Waals surface area contributed by atoms with E-state index in [9.17, 15) is 0 Å². The second-order valence-corrected chi connectivity index (χ2v) is 7.09. The molecule has 2 heterocycles. The van der Waals surface area contributed by atoms with Crippen LogP contribution in [0.1, 0.15) is 51.0 Å². The number of aromatic nitrogens is 2. The van der Waals surface area contributed by atoms with Crippen molar-refractivity contribution in [1.29, 1.82) is 0 Å². The van der Waals surface area contributed by atoms with Crippen molar-refractivity contribution in [3.05, 3.63) is 15.1 Å². The highest BCUT2D eigenvalue weighted by molar-refractivity contribution is 14.1. The lowest BCUT2D eigenvalue weighted by atomic mass is 9.91. The van der Waals surface area contributed by atoms with Crippen molar-refractivity contribution in [3.63, 3.8) is 0 Å². The number of ether oxygens (including phenoxy) is 1. The van der Waals surface area contributed by atoms with Crippen molar-refractivity contribution >= 4 is 28.4 Å². The standard InChI is InChI=1S/C14H22IN3O/c1-14(2,3)11-10(15)13(16-4)18-12(17-11)9-6-5-7-19-8-9/h9H,5-8H2,1-4H3,(H,16,17,18). The van der Waals surface area contributed by atoms with Crippen LogP contribution in [0.15, 0.2) is 0 Å². The first-order valence-electron chi connectivity index (χ1n) is 6.77. The average Bonchev–Trinajstić information content (AvgIpc) is 2.38. The Balaban J connectivity index is 2.44. The Hall–Kier alpha value is -0.430. The molecular formula is C14H22IN3O. The normalized spacial score (nSPS) is 20.4. The summed E-state index contributed by atoms with van der Waals surface area (Å²) in [5.74, 6) is 2.19. The van der Waals surface area contributed by atoms with E-state index in [0.717, 1.165) is 47.0 Å². The van der Waals surface area contributed by atoms with Gasteiger partial charge in [0, 0.05) is 25.0 Å². The van der Waals surface area contributed by atoms with Crippen LogP contribution in [0.5, 0.6) is 0 Å². The summed E-state index contributed by atoms with van der Waals surface area (Å²) in [5, 5.41) is 3.19. The quantitative estimate of drug-likeness (QED) is 0.806. The second kappa shape index (κ2) is 5.91. The molecule has 106 valence electrons. The number of rotatable bonds is 2. The van der Waals surface area contributed by atoms with Crippen LogP contribution >= 0.6 is 22.6 Å². The molecule has 1 aliphatic heterocycles. The van der Waals surface area contributed by atoms with Gasteiger partial charge >= 0.3 is 0 Å². The molecule has 4 nitrogen and oxygen atoms in total. The molecule has 0 spiro atoms. The van der Waals surface area contributed by atoms with Gasteiger partial charge in [-0.15, -0.1) is 0 Å². The molecule has 19 heavy (non-hydrogen) atoms. The van der Waals surface area contributed by atoms with Crippen molar-refractivity contribution in [2.75, 3.05) is 25.6 Å². The summed E-state index contributed by atoms with van der Waals surface area (Å²) in [6.07, 6.45) is 2.22. The van der Waals surface area contributed by atoms with Crippen LogP contribution in [0, 0.1) is 3.57 Å². The molecule has 0 amide bonds. The van der Waals surface area contributed by atoms with E-state index in [1.54, 1.807) is 0 Å². The van der Waals surface area contributed by atoms with Gasteiger partial charge in [-0.1, -0.05) is 20.8 Å². The lowest BCUT2D eigenvalue weighted by Gasteiger charge is -2.25. The lowest BCUT2D eigenvalue weighted by molar-refractivity contribution is 0.0779. The Morgan fingerprint density at radius 2 is 2.05 bits per heavy atom. The number of hydrogen-bond donors (Lipinski definition) is 1. The Bertz CT molecular complexity index is 451. The van der Waals surface area contributed by atoms with Gasteiger partial charge in [-0.3, -0.25) is 0 Å². The summed E-state index contributed by atoms with van der Waals surface area (Å²) in [5.41, 5.74) is 1.14. The van der Waals surface area contributed by atoms with Crippen LogP contribution in [0.2, 0.25) is 0 Å². The predicted octanol–water partition coefficient (Wildman–Crippen LogP) is 3.31. The SMILES string of the molecule is CNc1nc(C2CCCOC2)nc(C(C)(C)C)c1I. The van der Waals surface area contributed by atoms with Crippen LogP contribution in [0.3, 0.4) is 0 Å². The predicted molar refractivity (Wildman–Crippen MR) is 85.8 cm³/mol. The first-order chi connectivity index (χ1) is 8.93. The van der Waals surface area contributed by atoms with Gasteiger partial charge in [0.15, 0.2) is 0 Å². The molecule has 2 rings (SSSR count). The zero-order chi connectivity index (χ0) is 14.0. The van der Waals surface area contributed by atoms with Gasteiger partial charge in [0.2, 0.25) is 0 Å². The van der Waals surface area contributed by atoms with Crippen LogP contribution in [0.4, 0.5) is 5.82 Å². The van der Waals surface area contributed by atoms with Gasteiger partial charge in [-0.05, 0) is 35.4 Å². The van der Waals surface area contributed by atoms with E-state index in [1.807, 2.05) is 7.05 Å². The van der Waals surface area contributed by atoms with Crippen molar-refractivity contribution in [3.8, 4) is 0 Å². The minimum atomic E-state index is 0.0232. The van der Waals surface area contributed by atoms with E-state index in [-0.39, 0.29) is 5.41 Å². The smallest absolute Gasteiger partial charge is 0.143 e. The minimum Gasteiger partial charge on any atom is -0.381 e. The summed E-state index contributed by atoms with van der Waals surface area (Å²) in [4.78, 5) is 9.52. The molecule has 0 aliphatic carbocycles. The van der Waals surface area contributed by atoms with Gasteiger partial charge in [0.25, 0.3) is 0 Å². The highest BCUT2D eigenvalue weighted by Gasteiger charge is 2.26. The summed E-state index contributed by atoms with van der Waals surface area (Å²) < 4.78 is 6.68. The number of hydrogen-bond acceptors (Lipinski definition) is 4. The van der Waals surface area contributed by atoms with Gasteiger partial charge in [-0.25, -0.2) is 9.97 Å². The van der Waals surface area contributed by atoms with E-state index in [1.165, 1.54) is 0 Å². The van der Waals surface area contributed by atoms with Gasteiger partial charge in [-0.2, -0.15) is 0 Å². The number of nitrogens with zero attached hydrogens (tertiary/aromatic N) is 2. The summed E-state index contributed by atoms with van der Waals surface area (Å²) in [6, 6.07) is 0. The fourth-order valence-electron chi connectivity index (χ4n) is 2.25. The largest absolute Gasteiger partial charge is 0.381 e. The third-order valence-electron chi connectivity index (χ3n) is 3.34. The third-order valence-corrected chi connectivity index (χ3v) is 4.36. The van der Waals surface area contributed by atoms with Gasteiger partial charge in [0.1, 0.15) is 11.6 Å². The fourth-order valence-corrected chi connectivity index (χ4v) is 3.57. The number of nitrogens with one attached hydrogen (secondary N) is 1. The lowest BCUT2D eigenvalue weighted by Crippen LogP contribution is -2.23. The molecule has 0 aromatic carbocycles. The van der Waals surface area contributed by atoms with Crippen LogP contribution < -0.4 is 5.32 Å². The van der Waals surface area contributed by atoms with E-state index in [2.05, 4.69) is 53.7 Å². The molecule has 1 aromatic rings. The van der Waals surface area contributed by atoms with Crippen LogP contribution in [-0.2, 0) is 10.2 Å². The molecule has 0 bridgehead atoms. The summed E-state index contributed by atoms with van der Waals surface area (Å²) in [7, 11) is 1.91. The molecule has 0 radical (unpaired) electrons. The van der Waals surface area contributed by atoms with E-state index in [0.29, 0.717) is 5.92 Å². The van der Waals surface area contributed by atoms with Crippen LogP contribution in [-0.4, -0.2) is 30.2 Å². The van der Waals surface area contributed by atoms with Gasteiger partial charge < -0.3 is 10.1 Å². The molecule has 1 unspecified atom stereocenters. The topological polar surface area (TPSA) is 47.0 Å². The molecule has 0 saturated carbocycles. The Kier molecular flexibility index (Phi) is 4.66. The average molecular weight is 375 g/mol. The Morgan fingerprint density at radius 3 is 2.58 bits per heavy atom. The molecule has 1 saturated heterocycles. The maximum atomic E-state index is 5.56. The van der Waals surface area contributed by atoms with Crippen molar-refractivity contribution < 1.29 is 4.74 Å². The highest BCUT2D eigenvalue weighted by atomic mass is 127. The zero-order valence-electron chi connectivity index (χ0n) is 12.1. The number of anilines is 1. The summed E-state index contributed by atoms with van der Waals surface area (Å²) >= 11 is 2.33. The van der Waals surface area contributed by atoms with Crippen molar-refractivity contribution in [1.82, 2.24) is 9.97 Å². The maximum Gasteiger partial charge on any atom is 0.143 e. The minimum absolute atomic E-state index is 0.0232. The van der Waals surface area contributed by atoms with Crippen LogP contribution in [0.25, 0.3) is 0 Å². The Labute approximate surface area is 128 Å². The van der Waals surface area contributed by atoms with Crippen molar-refractivity contribution in [2.45, 2.75) is 44.9 Å². The first kappa shape index (κ1) is 15.0. The molecule has 5 heteroatoms. The molecule has 1 fully saturated rings. The van der Waals surface area contributed by atoms with Gasteiger partial charge in [0.05, 0.1) is 15.9 Å². The zero-order valence-corrected chi connectivity index (χ0v) is 14.2.